The average Bonchev–Trinajstić information content (AvgIpc) is 3.57. The molecule has 1 unspecified atom stereocenters. The highest BCUT2D eigenvalue weighted by atomic mass is 19.1. The Balaban J connectivity index is 1.39. The van der Waals surface area contributed by atoms with Crippen molar-refractivity contribution in [2.24, 2.45) is 0 Å². The summed E-state index contributed by atoms with van der Waals surface area (Å²) in [5.41, 5.74) is 1.49. The van der Waals surface area contributed by atoms with Crippen LogP contribution in [0.2, 0.25) is 0 Å². The van der Waals surface area contributed by atoms with Crippen molar-refractivity contribution in [2.45, 2.75) is 51.4 Å². The van der Waals surface area contributed by atoms with E-state index in [9.17, 15) is 18.8 Å². The van der Waals surface area contributed by atoms with Crippen molar-refractivity contribution in [3.05, 3.63) is 83.2 Å². The van der Waals surface area contributed by atoms with Crippen LogP contribution in [-0.4, -0.2) is 43.8 Å². The Morgan fingerprint density at radius 2 is 1.80 bits per heavy atom. The third-order valence-corrected chi connectivity index (χ3v) is 6.56. The first-order chi connectivity index (χ1) is 16.8. The van der Waals surface area contributed by atoms with E-state index in [1.165, 1.54) is 18.5 Å². The van der Waals surface area contributed by atoms with Gasteiger partial charge in [0.2, 0.25) is 5.91 Å². The Morgan fingerprint density at radius 3 is 2.46 bits per heavy atom. The molecule has 2 heterocycles. The highest BCUT2D eigenvalue weighted by Gasteiger charge is 2.53. The minimum atomic E-state index is -1.16. The van der Waals surface area contributed by atoms with Crippen molar-refractivity contribution in [1.82, 2.24) is 19.8 Å². The lowest BCUT2D eigenvalue weighted by molar-refractivity contribution is -0.133. The zero-order valence-electron chi connectivity index (χ0n) is 19.5. The SMILES string of the molecule is Cc1ccc(NC(=O)c2ncn3c2C(=O)N(C2CC2)C(C)(C(=O)NCc2ccc(F)cc2)C3)cc1. The van der Waals surface area contributed by atoms with Crippen molar-refractivity contribution in [1.29, 1.82) is 0 Å². The lowest BCUT2D eigenvalue weighted by Crippen LogP contribution is -2.64. The molecule has 1 aliphatic carbocycles. The van der Waals surface area contributed by atoms with Crippen molar-refractivity contribution in [3.63, 3.8) is 0 Å². The van der Waals surface area contributed by atoms with Crippen LogP contribution in [0.15, 0.2) is 54.9 Å². The van der Waals surface area contributed by atoms with Crippen molar-refractivity contribution in [2.75, 3.05) is 5.32 Å². The standard InChI is InChI=1S/C26H26FN5O3/c1-16-3-9-19(10-4-16)30-23(33)21-22-24(34)32(20-11-12-20)26(2,14-31(22)15-29-21)25(35)28-13-17-5-7-18(27)8-6-17/h3-10,15,20H,11-14H2,1-2H3,(H,28,35)(H,30,33). The fourth-order valence-corrected chi connectivity index (χ4v) is 4.52. The van der Waals surface area contributed by atoms with Crippen LogP contribution in [0.5, 0.6) is 0 Å². The van der Waals surface area contributed by atoms with Gasteiger partial charge in [0.1, 0.15) is 17.1 Å². The van der Waals surface area contributed by atoms with Crippen molar-refractivity contribution >= 4 is 23.4 Å². The van der Waals surface area contributed by atoms with E-state index < -0.39 is 11.4 Å². The zero-order chi connectivity index (χ0) is 24.7. The van der Waals surface area contributed by atoms with Gasteiger partial charge in [-0.3, -0.25) is 14.4 Å². The third-order valence-electron chi connectivity index (χ3n) is 6.56. The molecule has 5 rings (SSSR count). The molecule has 1 saturated carbocycles. The summed E-state index contributed by atoms with van der Waals surface area (Å²) < 4.78 is 14.8. The summed E-state index contributed by atoms with van der Waals surface area (Å²) in [6.45, 7) is 4.07. The fourth-order valence-electron chi connectivity index (χ4n) is 4.52. The van der Waals surface area contributed by atoms with Crippen LogP contribution < -0.4 is 10.6 Å². The lowest BCUT2D eigenvalue weighted by Gasteiger charge is -2.44. The van der Waals surface area contributed by atoms with Crippen LogP contribution in [0, 0.1) is 12.7 Å². The second kappa shape index (κ2) is 8.65. The molecule has 1 fully saturated rings. The van der Waals surface area contributed by atoms with E-state index in [0.29, 0.717) is 5.69 Å². The quantitative estimate of drug-likeness (QED) is 0.572. The van der Waals surface area contributed by atoms with E-state index >= 15 is 0 Å². The molecule has 0 saturated heterocycles. The minimum Gasteiger partial charge on any atom is -0.350 e. The number of hydrogen-bond acceptors (Lipinski definition) is 4. The molecule has 1 aliphatic heterocycles. The molecule has 180 valence electrons. The number of halogens is 1. The normalized spacial score (nSPS) is 19.3. The molecule has 2 aliphatic rings. The second-order valence-corrected chi connectivity index (χ2v) is 9.38. The van der Waals surface area contributed by atoms with Gasteiger partial charge in [0, 0.05) is 18.3 Å². The van der Waals surface area contributed by atoms with E-state index in [1.54, 1.807) is 40.7 Å². The largest absolute Gasteiger partial charge is 0.350 e. The van der Waals surface area contributed by atoms with Gasteiger partial charge in [-0.15, -0.1) is 0 Å². The van der Waals surface area contributed by atoms with Crippen molar-refractivity contribution in [3.8, 4) is 0 Å². The number of hydrogen-bond donors (Lipinski definition) is 2. The van der Waals surface area contributed by atoms with Gasteiger partial charge in [-0.1, -0.05) is 29.8 Å². The molecule has 3 aromatic rings. The summed E-state index contributed by atoms with van der Waals surface area (Å²) in [5, 5.41) is 5.69. The molecule has 0 bridgehead atoms. The first-order valence-corrected chi connectivity index (χ1v) is 11.6. The maximum Gasteiger partial charge on any atom is 0.276 e. The Hall–Kier alpha value is -4.01. The summed E-state index contributed by atoms with van der Waals surface area (Å²) in [4.78, 5) is 45.9. The highest BCUT2D eigenvalue weighted by molar-refractivity contribution is 6.11. The Kier molecular flexibility index (Phi) is 5.62. The van der Waals surface area contributed by atoms with Crippen LogP contribution >= 0.6 is 0 Å². The van der Waals surface area contributed by atoms with E-state index in [2.05, 4.69) is 15.6 Å². The van der Waals surface area contributed by atoms with Gasteiger partial charge in [-0.05, 0) is 56.5 Å². The van der Waals surface area contributed by atoms with Gasteiger partial charge in [0.25, 0.3) is 11.8 Å². The Morgan fingerprint density at radius 1 is 1.11 bits per heavy atom. The van der Waals surface area contributed by atoms with Gasteiger partial charge >= 0.3 is 0 Å². The second-order valence-electron chi connectivity index (χ2n) is 9.38. The number of nitrogens with zero attached hydrogens (tertiary/aromatic N) is 3. The molecule has 0 radical (unpaired) electrons. The monoisotopic (exact) mass is 475 g/mol. The maximum absolute atomic E-state index is 13.7. The number of amides is 3. The first kappa shape index (κ1) is 22.8. The number of benzene rings is 2. The number of rotatable bonds is 6. The summed E-state index contributed by atoms with van der Waals surface area (Å²) in [5.74, 6) is -1.52. The topological polar surface area (TPSA) is 96.3 Å². The number of anilines is 1. The number of carbonyl (C=O) groups is 3. The van der Waals surface area contributed by atoms with Crippen molar-refractivity contribution < 1.29 is 18.8 Å². The van der Waals surface area contributed by atoms with Crippen LogP contribution in [0.3, 0.4) is 0 Å². The first-order valence-electron chi connectivity index (χ1n) is 11.6. The van der Waals surface area contributed by atoms with E-state index in [-0.39, 0.29) is 48.2 Å². The predicted octanol–water partition coefficient (Wildman–Crippen LogP) is 3.28. The Labute approximate surface area is 202 Å². The zero-order valence-corrected chi connectivity index (χ0v) is 19.5. The van der Waals surface area contributed by atoms with Gasteiger partial charge < -0.3 is 20.1 Å². The molecule has 2 aromatic carbocycles. The van der Waals surface area contributed by atoms with E-state index in [0.717, 1.165) is 24.0 Å². The van der Waals surface area contributed by atoms with Gasteiger partial charge in [-0.2, -0.15) is 0 Å². The average molecular weight is 476 g/mol. The molecule has 2 N–H and O–H groups in total. The minimum absolute atomic E-state index is 0.0370. The van der Waals surface area contributed by atoms with E-state index in [1.807, 2.05) is 19.1 Å². The van der Waals surface area contributed by atoms with Crippen LogP contribution in [0.1, 0.15) is 51.9 Å². The number of aromatic nitrogens is 2. The molecule has 9 heteroatoms. The summed E-state index contributed by atoms with van der Waals surface area (Å²) in [6.07, 6.45) is 3.03. The van der Waals surface area contributed by atoms with Gasteiger partial charge in [0.05, 0.1) is 12.9 Å². The smallest absolute Gasteiger partial charge is 0.276 e. The summed E-state index contributed by atoms with van der Waals surface area (Å²) in [6, 6.07) is 13.2. The highest BCUT2D eigenvalue weighted by Crippen LogP contribution is 2.39. The number of imidazole rings is 1. The molecule has 0 spiro atoms. The molecule has 8 nitrogen and oxygen atoms in total. The summed E-state index contributed by atoms with van der Waals surface area (Å²) in [7, 11) is 0. The fraction of sp³-hybridized carbons (Fsp3) is 0.308. The number of carbonyl (C=O) groups excluding carboxylic acids is 3. The molecule has 3 amide bonds. The number of nitrogens with one attached hydrogen (secondary N) is 2. The predicted molar refractivity (Wildman–Crippen MR) is 127 cm³/mol. The molecule has 1 atom stereocenters. The third kappa shape index (κ3) is 4.29. The van der Waals surface area contributed by atoms with Crippen LogP contribution in [-0.2, 0) is 17.9 Å². The molecule has 35 heavy (non-hydrogen) atoms. The van der Waals surface area contributed by atoms with Gasteiger partial charge in [0.15, 0.2) is 5.69 Å². The lowest BCUT2D eigenvalue weighted by atomic mass is 9.93. The maximum atomic E-state index is 13.7. The molecular weight excluding hydrogens is 449 g/mol. The number of fused-ring (bicyclic) bond motifs is 1. The van der Waals surface area contributed by atoms with Crippen LogP contribution in [0.4, 0.5) is 10.1 Å². The molecule has 1 aromatic heterocycles. The Bertz CT molecular complexity index is 1300. The van der Waals surface area contributed by atoms with E-state index in [4.69, 9.17) is 0 Å². The number of aryl methyl sites for hydroxylation is 1. The molecular formula is C26H26FN5O3. The van der Waals surface area contributed by atoms with Crippen LogP contribution in [0.25, 0.3) is 0 Å². The summed E-state index contributed by atoms with van der Waals surface area (Å²) >= 11 is 0. The van der Waals surface area contributed by atoms with Gasteiger partial charge in [-0.25, -0.2) is 9.37 Å².